The van der Waals surface area contributed by atoms with Crippen molar-refractivity contribution in [2.24, 2.45) is 5.16 Å². The lowest BCUT2D eigenvalue weighted by atomic mass is 10.2. The highest BCUT2D eigenvalue weighted by molar-refractivity contribution is 6.30. The highest BCUT2D eigenvalue weighted by Crippen LogP contribution is 2.25. The quantitative estimate of drug-likeness (QED) is 0.507. The number of hydrogen-bond donors (Lipinski definition) is 1. The summed E-state index contributed by atoms with van der Waals surface area (Å²) < 4.78 is 5.66. The second kappa shape index (κ2) is 5.37. The summed E-state index contributed by atoms with van der Waals surface area (Å²) in [5.41, 5.74) is 0.699. The van der Waals surface area contributed by atoms with Crippen LogP contribution in [0.5, 0.6) is 11.5 Å². The van der Waals surface area contributed by atoms with Crippen LogP contribution in [0.3, 0.4) is 0 Å². The summed E-state index contributed by atoms with van der Waals surface area (Å²) in [6.07, 6.45) is 1.32. The zero-order valence-electron chi connectivity index (χ0n) is 8.88. The average Bonchev–Trinajstić information content (AvgIpc) is 2.35. The molecule has 2 aromatic carbocycles. The van der Waals surface area contributed by atoms with Gasteiger partial charge in [-0.1, -0.05) is 28.9 Å². The number of rotatable bonds is 3. The molecular formula is C13H10ClNO2. The van der Waals surface area contributed by atoms with Gasteiger partial charge in [-0.2, -0.15) is 0 Å². The Labute approximate surface area is 104 Å². The average molecular weight is 248 g/mol. The largest absolute Gasteiger partial charge is 0.457 e. The second-order valence-electron chi connectivity index (χ2n) is 3.34. The lowest BCUT2D eigenvalue weighted by molar-refractivity contribution is 0.321. The van der Waals surface area contributed by atoms with E-state index in [-0.39, 0.29) is 0 Å². The Bertz CT molecular complexity index is 523. The molecule has 0 fully saturated rings. The maximum Gasteiger partial charge on any atom is 0.136 e. The molecule has 3 nitrogen and oxygen atoms in total. The maximum atomic E-state index is 8.54. The van der Waals surface area contributed by atoms with Crippen molar-refractivity contribution >= 4 is 17.8 Å². The zero-order valence-corrected chi connectivity index (χ0v) is 9.63. The predicted octanol–water partition coefficient (Wildman–Crippen LogP) is 3.94. The van der Waals surface area contributed by atoms with Crippen LogP contribution in [0.4, 0.5) is 0 Å². The number of oxime groups is 1. The van der Waals surface area contributed by atoms with Crippen molar-refractivity contribution in [3.8, 4) is 11.5 Å². The topological polar surface area (TPSA) is 41.8 Å². The molecule has 0 aliphatic heterocycles. The third-order valence-electron chi connectivity index (χ3n) is 2.16. The Kier molecular flexibility index (Phi) is 3.62. The third-order valence-corrected chi connectivity index (χ3v) is 2.41. The van der Waals surface area contributed by atoms with E-state index in [1.165, 1.54) is 6.21 Å². The first kappa shape index (κ1) is 11.5. The fourth-order valence-electron chi connectivity index (χ4n) is 1.37. The van der Waals surface area contributed by atoms with Gasteiger partial charge in [-0.05, 0) is 36.4 Å². The molecule has 2 rings (SSSR count). The van der Waals surface area contributed by atoms with Crippen LogP contribution in [-0.4, -0.2) is 11.4 Å². The molecule has 86 valence electrons. The van der Waals surface area contributed by atoms with Crippen molar-refractivity contribution in [2.75, 3.05) is 0 Å². The summed E-state index contributed by atoms with van der Waals surface area (Å²) in [4.78, 5) is 0. The molecule has 0 spiro atoms. The van der Waals surface area contributed by atoms with E-state index in [9.17, 15) is 0 Å². The van der Waals surface area contributed by atoms with Gasteiger partial charge >= 0.3 is 0 Å². The van der Waals surface area contributed by atoms with E-state index in [1.807, 2.05) is 12.1 Å². The molecule has 17 heavy (non-hydrogen) atoms. The number of nitrogens with zero attached hydrogens (tertiary/aromatic N) is 1. The van der Waals surface area contributed by atoms with Crippen LogP contribution in [0.1, 0.15) is 5.56 Å². The molecule has 0 heterocycles. The number of hydrogen-bond acceptors (Lipinski definition) is 3. The van der Waals surface area contributed by atoms with E-state index in [2.05, 4.69) is 5.16 Å². The first-order chi connectivity index (χ1) is 8.29. The minimum atomic E-state index is 0.618. The van der Waals surface area contributed by atoms with Gasteiger partial charge in [0.2, 0.25) is 0 Å². The number of halogens is 1. The molecule has 0 bridgehead atoms. The first-order valence-corrected chi connectivity index (χ1v) is 5.37. The molecule has 0 aromatic heterocycles. The molecule has 0 radical (unpaired) electrons. The van der Waals surface area contributed by atoms with Crippen molar-refractivity contribution in [1.82, 2.24) is 0 Å². The van der Waals surface area contributed by atoms with Crippen LogP contribution in [0.2, 0.25) is 5.02 Å². The predicted molar refractivity (Wildman–Crippen MR) is 67.3 cm³/mol. The molecular weight excluding hydrogens is 238 g/mol. The van der Waals surface area contributed by atoms with Crippen molar-refractivity contribution in [2.45, 2.75) is 0 Å². The minimum Gasteiger partial charge on any atom is -0.457 e. The molecule has 0 unspecified atom stereocenters. The molecule has 0 saturated heterocycles. The highest BCUT2D eigenvalue weighted by Gasteiger charge is 2.02. The van der Waals surface area contributed by atoms with Crippen LogP contribution < -0.4 is 4.74 Å². The molecule has 0 aliphatic carbocycles. The summed E-state index contributed by atoms with van der Waals surface area (Å²) in [6.45, 7) is 0. The van der Waals surface area contributed by atoms with E-state index in [0.717, 1.165) is 0 Å². The van der Waals surface area contributed by atoms with Crippen molar-refractivity contribution in [3.05, 3.63) is 59.1 Å². The lowest BCUT2D eigenvalue weighted by Gasteiger charge is -2.07. The molecule has 1 N–H and O–H groups in total. The van der Waals surface area contributed by atoms with Gasteiger partial charge in [0.25, 0.3) is 0 Å². The van der Waals surface area contributed by atoms with Crippen molar-refractivity contribution < 1.29 is 9.94 Å². The van der Waals surface area contributed by atoms with Gasteiger partial charge in [-0.15, -0.1) is 0 Å². The Morgan fingerprint density at radius 1 is 1.06 bits per heavy atom. The molecule has 0 aliphatic rings. The summed E-state index contributed by atoms with van der Waals surface area (Å²) >= 11 is 5.79. The monoisotopic (exact) mass is 247 g/mol. The van der Waals surface area contributed by atoms with Crippen LogP contribution >= 0.6 is 11.6 Å². The lowest BCUT2D eigenvalue weighted by Crippen LogP contribution is -1.90. The van der Waals surface area contributed by atoms with Gasteiger partial charge in [-0.3, -0.25) is 0 Å². The Hall–Kier alpha value is -2.00. The maximum absolute atomic E-state index is 8.54. The highest BCUT2D eigenvalue weighted by atomic mass is 35.5. The SMILES string of the molecule is O/N=C\c1ccccc1Oc1ccc(Cl)cc1. The minimum absolute atomic E-state index is 0.618. The normalized spacial score (nSPS) is 10.6. The van der Waals surface area contributed by atoms with E-state index < -0.39 is 0 Å². The summed E-state index contributed by atoms with van der Waals surface area (Å²) in [5.74, 6) is 1.29. The van der Waals surface area contributed by atoms with Crippen LogP contribution in [0, 0.1) is 0 Å². The molecule has 0 saturated carbocycles. The van der Waals surface area contributed by atoms with Gasteiger partial charge in [0.15, 0.2) is 0 Å². The van der Waals surface area contributed by atoms with Gasteiger partial charge in [0, 0.05) is 10.6 Å². The molecule has 2 aromatic rings. The summed E-state index contributed by atoms with van der Waals surface area (Å²) in [7, 11) is 0. The second-order valence-corrected chi connectivity index (χ2v) is 3.77. The van der Waals surface area contributed by atoms with E-state index >= 15 is 0 Å². The first-order valence-electron chi connectivity index (χ1n) is 4.99. The smallest absolute Gasteiger partial charge is 0.136 e. The van der Waals surface area contributed by atoms with E-state index in [0.29, 0.717) is 22.1 Å². The number of benzene rings is 2. The molecule has 0 amide bonds. The number of ether oxygens (including phenoxy) is 1. The van der Waals surface area contributed by atoms with E-state index in [1.54, 1.807) is 36.4 Å². The van der Waals surface area contributed by atoms with Gasteiger partial charge in [-0.25, -0.2) is 0 Å². The van der Waals surface area contributed by atoms with Crippen molar-refractivity contribution in [1.29, 1.82) is 0 Å². The number of para-hydroxylation sites is 1. The molecule has 0 atom stereocenters. The van der Waals surface area contributed by atoms with Crippen LogP contribution in [0.15, 0.2) is 53.7 Å². The van der Waals surface area contributed by atoms with E-state index in [4.69, 9.17) is 21.5 Å². The van der Waals surface area contributed by atoms with Crippen molar-refractivity contribution in [3.63, 3.8) is 0 Å². The standard InChI is InChI=1S/C13H10ClNO2/c14-11-5-7-12(8-6-11)17-13-4-2-1-3-10(13)9-15-16/h1-9,16H/b15-9-. The fourth-order valence-corrected chi connectivity index (χ4v) is 1.50. The van der Waals surface area contributed by atoms with Gasteiger partial charge < -0.3 is 9.94 Å². The molecule has 4 heteroatoms. The Morgan fingerprint density at radius 2 is 1.76 bits per heavy atom. The summed E-state index contributed by atoms with van der Waals surface area (Å²) in [5, 5.41) is 12.2. The van der Waals surface area contributed by atoms with Gasteiger partial charge in [0.1, 0.15) is 11.5 Å². The fraction of sp³-hybridized carbons (Fsp3) is 0. The third kappa shape index (κ3) is 2.98. The zero-order chi connectivity index (χ0) is 12.1. The Morgan fingerprint density at radius 3 is 2.47 bits per heavy atom. The Balaban J connectivity index is 2.26. The van der Waals surface area contributed by atoms with Gasteiger partial charge in [0.05, 0.1) is 6.21 Å². The van der Waals surface area contributed by atoms with Crippen LogP contribution in [0.25, 0.3) is 0 Å². The van der Waals surface area contributed by atoms with Crippen LogP contribution in [-0.2, 0) is 0 Å². The summed E-state index contributed by atoms with van der Waals surface area (Å²) in [6, 6.07) is 14.3.